The van der Waals surface area contributed by atoms with Crippen molar-refractivity contribution in [2.45, 2.75) is 6.92 Å². The molecule has 0 saturated carbocycles. The molecule has 0 spiro atoms. The molecule has 0 fully saturated rings. The lowest BCUT2D eigenvalue weighted by Gasteiger charge is -2.07. The lowest BCUT2D eigenvalue weighted by atomic mass is 10.2. The monoisotopic (exact) mass is 327 g/mol. The molecular weight excluding hydrogens is 313 g/mol. The number of anilines is 1. The van der Waals surface area contributed by atoms with Gasteiger partial charge in [0.1, 0.15) is 5.75 Å². The van der Waals surface area contributed by atoms with Gasteiger partial charge in [0.25, 0.3) is 0 Å². The molecule has 0 atom stereocenters. The average Bonchev–Trinajstić information content (AvgIpc) is 2.97. The summed E-state index contributed by atoms with van der Waals surface area (Å²) in [6.45, 7) is 1.90. The van der Waals surface area contributed by atoms with E-state index in [-0.39, 0.29) is 5.75 Å². The van der Waals surface area contributed by atoms with Crippen LogP contribution in [-0.2, 0) is 0 Å². The Balaban J connectivity index is 1.74. The number of hydrogen-bond donors (Lipinski definition) is 1. The Bertz CT molecular complexity index is 818. The van der Waals surface area contributed by atoms with E-state index in [1.54, 1.807) is 30.3 Å². The lowest BCUT2D eigenvalue weighted by Crippen LogP contribution is -1.96. The maximum Gasteiger partial charge on any atom is 0.203 e. The van der Waals surface area contributed by atoms with Gasteiger partial charge in [-0.1, -0.05) is 30.3 Å². The van der Waals surface area contributed by atoms with Crippen molar-refractivity contribution < 1.29 is 9.13 Å². The van der Waals surface area contributed by atoms with Crippen LogP contribution in [-0.4, -0.2) is 11.2 Å². The minimum atomic E-state index is -0.461. The number of hydrazone groups is 1. The summed E-state index contributed by atoms with van der Waals surface area (Å²) in [5.41, 5.74) is 4.03. The van der Waals surface area contributed by atoms with E-state index in [2.05, 4.69) is 15.5 Å². The van der Waals surface area contributed by atoms with E-state index in [0.717, 1.165) is 5.69 Å². The van der Waals surface area contributed by atoms with Crippen molar-refractivity contribution in [2.75, 3.05) is 5.43 Å². The summed E-state index contributed by atoms with van der Waals surface area (Å²) in [5.74, 6) is 0.277. The Morgan fingerprint density at radius 1 is 1.17 bits per heavy atom. The van der Waals surface area contributed by atoms with Crippen LogP contribution in [0.15, 0.2) is 59.0 Å². The van der Waals surface area contributed by atoms with E-state index >= 15 is 0 Å². The number of ether oxygens (including phenoxy) is 1. The van der Waals surface area contributed by atoms with Gasteiger partial charge < -0.3 is 4.74 Å². The van der Waals surface area contributed by atoms with Crippen molar-refractivity contribution in [3.63, 3.8) is 0 Å². The first-order valence-corrected chi connectivity index (χ1v) is 7.83. The molecule has 116 valence electrons. The number of benzene rings is 2. The topological polar surface area (TPSA) is 46.5 Å². The van der Waals surface area contributed by atoms with Gasteiger partial charge in [0.05, 0.1) is 11.9 Å². The van der Waals surface area contributed by atoms with Gasteiger partial charge in [-0.3, -0.25) is 5.43 Å². The second-order valence-corrected chi connectivity index (χ2v) is 5.60. The number of thiazole rings is 1. The van der Waals surface area contributed by atoms with Crippen molar-refractivity contribution in [2.24, 2.45) is 5.10 Å². The van der Waals surface area contributed by atoms with E-state index in [9.17, 15) is 4.39 Å². The zero-order chi connectivity index (χ0) is 16.1. The average molecular weight is 327 g/mol. The molecule has 1 aromatic heterocycles. The SMILES string of the molecule is Cc1csc(NN=Cc2cccc(Oc3ccccc3)c2F)n1. The van der Waals surface area contributed by atoms with E-state index < -0.39 is 5.82 Å². The third-order valence-electron chi connectivity index (χ3n) is 2.95. The largest absolute Gasteiger partial charge is 0.454 e. The van der Waals surface area contributed by atoms with Gasteiger partial charge in [0, 0.05) is 10.9 Å². The Labute approximate surface area is 137 Å². The lowest BCUT2D eigenvalue weighted by molar-refractivity contribution is 0.442. The summed E-state index contributed by atoms with van der Waals surface area (Å²) >= 11 is 1.44. The molecule has 23 heavy (non-hydrogen) atoms. The van der Waals surface area contributed by atoms with E-state index in [4.69, 9.17) is 4.74 Å². The smallest absolute Gasteiger partial charge is 0.203 e. The molecule has 3 rings (SSSR count). The number of aryl methyl sites for hydroxylation is 1. The fourth-order valence-corrected chi connectivity index (χ4v) is 2.52. The van der Waals surface area contributed by atoms with Crippen LogP contribution in [0.5, 0.6) is 11.5 Å². The number of hydrogen-bond acceptors (Lipinski definition) is 5. The molecule has 3 aromatic rings. The maximum absolute atomic E-state index is 14.4. The quantitative estimate of drug-likeness (QED) is 0.539. The molecule has 0 aliphatic heterocycles. The highest BCUT2D eigenvalue weighted by atomic mass is 32.1. The molecule has 4 nitrogen and oxygen atoms in total. The van der Waals surface area contributed by atoms with Gasteiger partial charge in [-0.05, 0) is 25.1 Å². The molecule has 6 heteroatoms. The highest BCUT2D eigenvalue weighted by Gasteiger charge is 2.08. The number of aromatic nitrogens is 1. The second-order valence-electron chi connectivity index (χ2n) is 4.74. The minimum Gasteiger partial charge on any atom is -0.454 e. The first kappa shape index (κ1) is 15.2. The summed E-state index contributed by atoms with van der Waals surface area (Å²) in [7, 11) is 0. The predicted octanol–water partition coefficient (Wildman–Crippen LogP) is 4.83. The molecule has 0 aliphatic rings. The van der Waals surface area contributed by atoms with E-state index in [1.807, 2.05) is 30.5 Å². The summed E-state index contributed by atoms with van der Waals surface area (Å²) in [6.07, 6.45) is 1.41. The Kier molecular flexibility index (Phi) is 4.63. The summed E-state index contributed by atoms with van der Waals surface area (Å²) in [5, 5.41) is 6.58. The zero-order valence-electron chi connectivity index (χ0n) is 12.4. The highest BCUT2D eigenvalue weighted by molar-refractivity contribution is 7.13. The summed E-state index contributed by atoms with van der Waals surface area (Å²) in [6, 6.07) is 14.0. The van der Waals surface area contributed by atoms with Crippen molar-refractivity contribution in [3.05, 3.63) is 71.0 Å². The second kappa shape index (κ2) is 7.02. The molecule has 1 N–H and O–H groups in total. The van der Waals surface area contributed by atoms with E-state index in [0.29, 0.717) is 16.4 Å². The molecule has 2 aromatic carbocycles. The standard InChI is InChI=1S/C17H14FN3OS/c1-12-11-23-17(20-12)21-19-10-13-6-5-9-15(16(13)18)22-14-7-3-2-4-8-14/h2-11H,1H3,(H,20,21). The molecule has 1 heterocycles. The summed E-state index contributed by atoms with van der Waals surface area (Å²) in [4.78, 5) is 4.21. The van der Waals surface area contributed by atoms with Crippen LogP contribution in [0.3, 0.4) is 0 Å². The molecule has 0 aliphatic carbocycles. The number of halogens is 1. The van der Waals surface area contributed by atoms with Crippen LogP contribution in [0.25, 0.3) is 0 Å². The van der Waals surface area contributed by atoms with Crippen LogP contribution >= 0.6 is 11.3 Å². The van der Waals surface area contributed by atoms with Gasteiger partial charge in [0.15, 0.2) is 11.6 Å². The maximum atomic E-state index is 14.4. The van der Waals surface area contributed by atoms with Crippen LogP contribution in [0, 0.1) is 12.7 Å². The molecule has 0 saturated heterocycles. The minimum absolute atomic E-state index is 0.158. The molecular formula is C17H14FN3OS. The summed E-state index contributed by atoms with van der Waals surface area (Å²) < 4.78 is 20.0. The van der Waals surface area contributed by atoms with Gasteiger partial charge in [-0.15, -0.1) is 11.3 Å². The Morgan fingerprint density at radius 2 is 2.00 bits per heavy atom. The number of para-hydroxylation sites is 1. The van der Waals surface area contributed by atoms with Gasteiger partial charge in [-0.25, -0.2) is 9.37 Å². The molecule has 0 amide bonds. The zero-order valence-corrected chi connectivity index (χ0v) is 13.2. The molecule has 0 unspecified atom stereocenters. The van der Waals surface area contributed by atoms with Gasteiger partial charge in [-0.2, -0.15) is 5.10 Å². The Morgan fingerprint density at radius 3 is 2.74 bits per heavy atom. The fraction of sp³-hybridized carbons (Fsp3) is 0.0588. The van der Waals surface area contributed by atoms with Crippen LogP contribution in [0.2, 0.25) is 0 Å². The van der Waals surface area contributed by atoms with Crippen molar-refractivity contribution >= 4 is 22.7 Å². The van der Waals surface area contributed by atoms with E-state index in [1.165, 1.54) is 17.6 Å². The van der Waals surface area contributed by atoms with Gasteiger partial charge >= 0.3 is 0 Å². The normalized spacial score (nSPS) is 10.9. The van der Waals surface area contributed by atoms with Crippen LogP contribution in [0.1, 0.15) is 11.3 Å². The third-order valence-corrected chi connectivity index (χ3v) is 3.81. The van der Waals surface area contributed by atoms with Crippen molar-refractivity contribution in [3.8, 4) is 11.5 Å². The number of rotatable bonds is 5. The third kappa shape index (κ3) is 3.92. The van der Waals surface area contributed by atoms with Crippen molar-refractivity contribution in [1.82, 2.24) is 4.98 Å². The highest BCUT2D eigenvalue weighted by Crippen LogP contribution is 2.25. The molecule has 0 radical (unpaired) electrons. The van der Waals surface area contributed by atoms with Gasteiger partial charge in [0.2, 0.25) is 5.13 Å². The first-order valence-electron chi connectivity index (χ1n) is 6.95. The number of nitrogens with zero attached hydrogens (tertiary/aromatic N) is 2. The number of nitrogens with one attached hydrogen (secondary N) is 1. The predicted molar refractivity (Wildman–Crippen MR) is 91.0 cm³/mol. The van der Waals surface area contributed by atoms with Crippen LogP contribution in [0.4, 0.5) is 9.52 Å². The van der Waals surface area contributed by atoms with Crippen LogP contribution < -0.4 is 10.2 Å². The fourth-order valence-electron chi connectivity index (χ4n) is 1.88. The van der Waals surface area contributed by atoms with Crippen molar-refractivity contribution in [1.29, 1.82) is 0 Å². The Hall–Kier alpha value is -2.73. The molecule has 0 bridgehead atoms. The first-order chi connectivity index (χ1) is 11.2.